The van der Waals surface area contributed by atoms with Crippen molar-refractivity contribution in [1.29, 1.82) is 0 Å². The van der Waals surface area contributed by atoms with Crippen molar-refractivity contribution in [3.8, 4) is 0 Å². The molecule has 2 heteroatoms. The Labute approximate surface area is 108 Å². The van der Waals surface area contributed by atoms with E-state index in [0.717, 1.165) is 24.7 Å². The third kappa shape index (κ3) is 12.8. The van der Waals surface area contributed by atoms with Crippen LogP contribution in [-0.2, 0) is 24.7 Å². The van der Waals surface area contributed by atoms with Crippen LogP contribution in [0.4, 0.5) is 0 Å². The smallest absolute Gasteiger partial charge is 1.00 e. The summed E-state index contributed by atoms with van der Waals surface area (Å²) in [4.78, 5) is 0. The third-order valence-electron chi connectivity index (χ3n) is 2.66. The Balaban J connectivity index is -0.000000845. The van der Waals surface area contributed by atoms with E-state index < -0.39 is 0 Å². The summed E-state index contributed by atoms with van der Waals surface area (Å²) in [5, 5.41) is 0. The summed E-state index contributed by atoms with van der Waals surface area (Å²) in [7, 11) is 0. The second kappa shape index (κ2) is 13.8. The van der Waals surface area contributed by atoms with Crippen LogP contribution in [0.5, 0.6) is 0 Å². The first-order chi connectivity index (χ1) is 6.91. The zero-order chi connectivity index (χ0) is 10.5. The standard InChI is InChI=1S/C12H26N.Hf.2H/c1-2-3-4-5-6-7-8-9-10-11-12-13;;;/h13H,2-12H2,1H3;;;/q-1;+1;2*-1. The molecule has 14 heavy (non-hydrogen) atoms. The minimum atomic E-state index is 0. The number of nitrogens with one attached hydrogen (secondary N) is 1. The van der Waals surface area contributed by atoms with Gasteiger partial charge in [0.2, 0.25) is 0 Å². The molecule has 1 N–H and O–H groups in total. The molecule has 0 aromatic heterocycles. The van der Waals surface area contributed by atoms with Gasteiger partial charge in [0.05, 0.1) is 0 Å². The molecule has 0 rings (SSSR count). The molecule has 0 atom stereocenters. The van der Waals surface area contributed by atoms with Gasteiger partial charge in [-0.15, -0.1) is 0 Å². The molecule has 0 aromatic rings. The van der Waals surface area contributed by atoms with Gasteiger partial charge in [0.1, 0.15) is 0 Å². The Bertz CT molecular complexity index is 93.0. The predicted octanol–water partition coefficient (Wildman–Crippen LogP) is 4.18. The molecule has 87 valence electrons. The van der Waals surface area contributed by atoms with Gasteiger partial charge in [0.15, 0.2) is 0 Å². The Morgan fingerprint density at radius 1 is 0.786 bits per heavy atom. The Morgan fingerprint density at radius 3 is 1.64 bits per heavy atom. The van der Waals surface area contributed by atoms with E-state index in [1.165, 1.54) is 70.8 Å². The zero-order valence-electron chi connectivity index (χ0n) is 11.8. The van der Waals surface area contributed by atoms with E-state index >= 15 is 0 Å². The molecular formula is C12H28HfN-2. The first-order valence-corrected chi connectivity index (χ1v) is 8.11. The topological polar surface area (TPSA) is 12.0 Å². The van der Waals surface area contributed by atoms with Gasteiger partial charge in [0.25, 0.3) is 0 Å². The molecule has 0 aromatic carbocycles. The van der Waals surface area contributed by atoms with Gasteiger partial charge in [-0.05, 0) is 0 Å². The summed E-state index contributed by atoms with van der Waals surface area (Å²) in [5.41, 5.74) is 0. The molecule has 0 saturated heterocycles. The number of unbranched alkanes of at least 4 members (excludes halogenated alkanes) is 9. The van der Waals surface area contributed by atoms with Crippen LogP contribution in [0.3, 0.4) is 0 Å². The molecule has 0 saturated carbocycles. The average Bonchev–Trinajstić information content (AvgIpc) is 2.21. The molecule has 0 bridgehead atoms. The predicted molar refractivity (Wildman–Crippen MR) is 62.1 cm³/mol. The van der Waals surface area contributed by atoms with Crippen molar-refractivity contribution in [2.24, 2.45) is 0 Å². The summed E-state index contributed by atoms with van der Waals surface area (Å²) < 4.78 is 3.33. The van der Waals surface area contributed by atoms with E-state index in [0.29, 0.717) is 0 Å². The van der Waals surface area contributed by atoms with E-state index in [1.54, 1.807) is 0 Å². The van der Waals surface area contributed by atoms with E-state index in [2.05, 4.69) is 10.2 Å². The Kier molecular flexibility index (Phi) is 14.7. The van der Waals surface area contributed by atoms with Gasteiger partial charge < -0.3 is 2.85 Å². The van der Waals surface area contributed by atoms with Crippen LogP contribution >= 0.6 is 0 Å². The van der Waals surface area contributed by atoms with Crippen LogP contribution in [0, 0.1) is 0 Å². The van der Waals surface area contributed by atoms with Crippen molar-refractivity contribution in [2.45, 2.75) is 71.1 Å². The minimum Gasteiger partial charge on any atom is -1.00 e. The van der Waals surface area contributed by atoms with Crippen molar-refractivity contribution in [1.82, 2.24) is 3.30 Å². The van der Waals surface area contributed by atoms with E-state index in [1.807, 2.05) is 0 Å². The van der Waals surface area contributed by atoms with E-state index in [4.69, 9.17) is 0 Å². The summed E-state index contributed by atoms with van der Waals surface area (Å²) in [6, 6.07) is 0. The molecule has 0 amide bonds. The van der Waals surface area contributed by atoms with Gasteiger partial charge in [-0.25, -0.2) is 0 Å². The molecule has 0 spiro atoms. The molecular weight excluding hydrogens is 337 g/mol. The first-order valence-electron chi connectivity index (χ1n) is 6.31. The fourth-order valence-corrected chi connectivity index (χ4v) is 2.34. The molecule has 0 fully saturated rings. The SMILES string of the molecule is CCCCCCCCCCCC[NH][Hf].[H-].[H-]. The average molecular weight is 365 g/mol. The summed E-state index contributed by atoms with van der Waals surface area (Å²) >= 11 is 1.16. The van der Waals surface area contributed by atoms with E-state index in [9.17, 15) is 0 Å². The summed E-state index contributed by atoms with van der Waals surface area (Å²) in [6.07, 6.45) is 14.4. The molecule has 0 aliphatic carbocycles. The van der Waals surface area contributed by atoms with Gasteiger partial charge in [-0.2, -0.15) is 0 Å². The van der Waals surface area contributed by atoms with Crippen LogP contribution in [-0.4, -0.2) is 6.54 Å². The monoisotopic (exact) mass is 366 g/mol. The molecule has 0 unspecified atom stereocenters. The van der Waals surface area contributed by atoms with Gasteiger partial charge in [-0.3, -0.25) is 0 Å². The van der Waals surface area contributed by atoms with Crippen molar-refractivity contribution >= 4 is 0 Å². The number of rotatable bonds is 11. The second-order valence-electron chi connectivity index (χ2n) is 4.11. The Hall–Kier alpha value is 0.830. The molecule has 0 heterocycles. The maximum atomic E-state index is 3.33. The van der Waals surface area contributed by atoms with Gasteiger partial charge in [0, 0.05) is 0 Å². The van der Waals surface area contributed by atoms with Crippen LogP contribution in [0.25, 0.3) is 0 Å². The molecule has 0 radical (unpaired) electrons. The summed E-state index contributed by atoms with van der Waals surface area (Å²) in [6.45, 7) is 3.54. The first kappa shape index (κ1) is 14.8. The van der Waals surface area contributed by atoms with E-state index in [-0.39, 0.29) is 2.85 Å². The fourth-order valence-electron chi connectivity index (χ4n) is 1.70. The zero-order valence-corrected chi connectivity index (χ0v) is 13.4. The van der Waals surface area contributed by atoms with Crippen molar-refractivity contribution in [3.05, 3.63) is 0 Å². The van der Waals surface area contributed by atoms with Crippen molar-refractivity contribution in [3.63, 3.8) is 0 Å². The van der Waals surface area contributed by atoms with Crippen LogP contribution < -0.4 is 3.30 Å². The quantitative estimate of drug-likeness (QED) is 0.428. The molecule has 1 nitrogen and oxygen atoms in total. The maximum Gasteiger partial charge on any atom is -1.00 e. The van der Waals surface area contributed by atoms with Crippen molar-refractivity contribution < 1.29 is 27.5 Å². The molecule has 0 aliphatic heterocycles. The fraction of sp³-hybridized carbons (Fsp3) is 1.00. The van der Waals surface area contributed by atoms with Crippen LogP contribution in [0.1, 0.15) is 74.0 Å². The van der Waals surface area contributed by atoms with Crippen LogP contribution in [0.2, 0.25) is 0 Å². The second-order valence-corrected chi connectivity index (χ2v) is 5.38. The van der Waals surface area contributed by atoms with Crippen molar-refractivity contribution in [2.75, 3.05) is 6.54 Å². The van der Waals surface area contributed by atoms with Crippen LogP contribution in [0.15, 0.2) is 0 Å². The maximum absolute atomic E-state index is 3.33. The largest absolute Gasteiger partial charge is 1.00 e. The number of hydrogen-bond donors (Lipinski definition) is 1. The minimum absolute atomic E-state index is 0. The molecule has 0 aliphatic rings. The Morgan fingerprint density at radius 2 is 1.21 bits per heavy atom. The number of hydrogen-bond acceptors (Lipinski definition) is 1. The summed E-state index contributed by atoms with van der Waals surface area (Å²) in [5.74, 6) is 0. The van der Waals surface area contributed by atoms with Gasteiger partial charge in [-0.1, -0.05) is 6.92 Å². The normalized spacial score (nSPS) is 10.6. The van der Waals surface area contributed by atoms with Gasteiger partial charge >= 0.3 is 98.7 Å². The third-order valence-corrected chi connectivity index (χ3v) is 3.55.